The third-order valence-electron chi connectivity index (χ3n) is 9.50. The maximum atomic E-state index is 14.1. The van der Waals surface area contributed by atoms with Crippen molar-refractivity contribution in [1.82, 2.24) is 14.7 Å². The Bertz CT molecular complexity index is 1330. The number of nitrogens with zero attached hydrogens (tertiary/aromatic N) is 3. The van der Waals surface area contributed by atoms with Crippen LogP contribution in [0.25, 0.3) is 0 Å². The summed E-state index contributed by atoms with van der Waals surface area (Å²) >= 11 is 0. The van der Waals surface area contributed by atoms with Crippen LogP contribution in [0.1, 0.15) is 50.3 Å². The summed E-state index contributed by atoms with van der Waals surface area (Å²) in [6.07, 6.45) is 1.35. The lowest BCUT2D eigenvalue weighted by atomic mass is 9.76. The number of likely N-dealkylation sites (tertiary alicyclic amines) is 2. The SMILES string of the molecule is CC(=O)[C@H](C(C)C)N1CCC2(CCN(C(=O)[C@H]3CN3C(c3ccccc3)(c3ccccc3)c3ccccc3)C2)C1=O. The van der Waals surface area contributed by atoms with Crippen molar-refractivity contribution in [1.29, 1.82) is 0 Å². The van der Waals surface area contributed by atoms with Crippen LogP contribution in [0.2, 0.25) is 0 Å². The highest BCUT2D eigenvalue weighted by Crippen LogP contribution is 2.49. The monoisotopic (exact) mass is 549 g/mol. The Hall–Kier alpha value is -3.77. The molecule has 0 saturated carbocycles. The molecule has 3 saturated heterocycles. The van der Waals surface area contributed by atoms with E-state index in [1.165, 1.54) is 0 Å². The van der Waals surface area contributed by atoms with E-state index in [1.54, 1.807) is 11.8 Å². The summed E-state index contributed by atoms with van der Waals surface area (Å²) in [7, 11) is 0. The molecule has 1 spiro atoms. The molecule has 41 heavy (non-hydrogen) atoms. The van der Waals surface area contributed by atoms with Crippen LogP contribution >= 0.6 is 0 Å². The van der Waals surface area contributed by atoms with Crippen LogP contribution in [0.4, 0.5) is 0 Å². The highest BCUT2D eigenvalue weighted by molar-refractivity contribution is 5.93. The molecule has 3 heterocycles. The Labute approximate surface area is 242 Å². The quantitative estimate of drug-likeness (QED) is 0.301. The van der Waals surface area contributed by atoms with E-state index in [0.717, 1.165) is 16.7 Å². The van der Waals surface area contributed by atoms with Crippen molar-refractivity contribution in [2.45, 2.75) is 51.2 Å². The molecule has 6 nitrogen and oxygen atoms in total. The lowest BCUT2D eigenvalue weighted by Gasteiger charge is -2.38. The Morgan fingerprint density at radius 1 is 0.805 bits per heavy atom. The zero-order chi connectivity index (χ0) is 28.8. The number of hydrogen-bond acceptors (Lipinski definition) is 4. The van der Waals surface area contributed by atoms with Crippen molar-refractivity contribution in [3.05, 3.63) is 108 Å². The van der Waals surface area contributed by atoms with E-state index < -0.39 is 17.0 Å². The lowest BCUT2D eigenvalue weighted by Crippen LogP contribution is -2.48. The molecule has 3 aromatic carbocycles. The predicted octanol–water partition coefficient (Wildman–Crippen LogP) is 4.73. The summed E-state index contributed by atoms with van der Waals surface area (Å²) in [5, 5.41) is 0. The topological polar surface area (TPSA) is 60.7 Å². The number of ketones is 1. The van der Waals surface area contributed by atoms with Crippen LogP contribution in [0.5, 0.6) is 0 Å². The molecule has 3 aromatic rings. The van der Waals surface area contributed by atoms with Gasteiger partial charge in [0.25, 0.3) is 0 Å². The third kappa shape index (κ3) is 4.49. The van der Waals surface area contributed by atoms with Crippen molar-refractivity contribution in [3.8, 4) is 0 Å². The molecule has 212 valence electrons. The van der Waals surface area contributed by atoms with Gasteiger partial charge in [0.2, 0.25) is 11.8 Å². The normalized spacial score (nSPS) is 24.7. The molecule has 2 unspecified atom stereocenters. The van der Waals surface area contributed by atoms with E-state index in [1.807, 2.05) is 36.9 Å². The smallest absolute Gasteiger partial charge is 0.241 e. The summed E-state index contributed by atoms with van der Waals surface area (Å²) in [5.41, 5.74) is 2.17. The molecule has 0 aliphatic carbocycles. The molecular formula is C35H39N3O3. The molecule has 3 fully saturated rings. The molecule has 4 atom stereocenters. The van der Waals surface area contributed by atoms with E-state index in [4.69, 9.17) is 0 Å². The van der Waals surface area contributed by atoms with Gasteiger partial charge >= 0.3 is 0 Å². The molecule has 0 aromatic heterocycles. The van der Waals surface area contributed by atoms with Gasteiger partial charge in [-0.05, 0) is 42.4 Å². The minimum absolute atomic E-state index is 0.0315. The van der Waals surface area contributed by atoms with Gasteiger partial charge in [-0.15, -0.1) is 0 Å². The minimum Gasteiger partial charge on any atom is -0.340 e. The number of hydrogen-bond donors (Lipinski definition) is 0. The van der Waals surface area contributed by atoms with Crippen LogP contribution in [-0.2, 0) is 19.9 Å². The number of rotatable bonds is 8. The second kappa shape index (κ2) is 10.6. The fraction of sp³-hybridized carbons (Fsp3) is 0.400. The van der Waals surface area contributed by atoms with Gasteiger partial charge in [-0.3, -0.25) is 19.3 Å². The molecule has 3 aliphatic heterocycles. The summed E-state index contributed by atoms with van der Waals surface area (Å²) in [6, 6.07) is 30.7. The van der Waals surface area contributed by atoms with Gasteiger partial charge in [-0.2, -0.15) is 0 Å². The molecule has 6 rings (SSSR count). The molecule has 2 amide bonds. The number of amides is 2. The van der Waals surface area contributed by atoms with E-state index in [0.29, 0.717) is 39.0 Å². The fourth-order valence-corrected chi connectivity index (χ4v) is 7.57. The second-order valence-corrected chi connectivity index (χ2v) is 12.3. The Morgan fingerprint density at radius 2 is 1.29 bits per heavy atom. The highest BCUT2D eigenvalue weighted by Gasteiger charge is 2.59. The lowest BCUT2D eigenvalue weighted by molar-refractivity contribution is -0.143. The van der Waals surface area contributed by atoms with Gasteiger partial charge in [0, 0.05) is 26.2 Å². The molecule has 0 N–H and O–H groups in total. The molecule has 0 bridgehead atoms. The average molecular weight is 550 g/mol. The minimum atomic E-state index is -0.618. The molecule has 0 radical (unpaired) electrons. The van der Waals surface area contributed by atoms with Crippen molar-refractivity contribution < 1.29 is 14.4 Å². The van der Waals surface area contributed by atoms with Crippen LogP contribution in [-0.4, -0.2) is 70.6 Å². The van der Waals surface area contributed by atoms with E-state index in [9.17, 15) is 14.4 Å². The summed E-state index contributed by atoms with van der Waals surface area (Å²) in [4.78, 5) is 46.3. The fourth-order valence-electron chi connectivity index (χ4n) is 7.57. The van der Waals surface area contributed by atoms with Crippen LogP contribution < -0.4 is 0 Å². The number of carbonyl (C=O) groups excluding carboxylic acids is 3. The van der Waals surface area contributed by atoms with Gasteiger partial charge in [0.1, 0.15) is 6.04 Å². The van der Waals surface area contributed by atoms with E-state index in [-0.39, 0.29) is 29.6 Å². The number of carbonyl (C=O) groups is 3. The maximum absolute atomic E-state index is 14.1. The van der Waals surface area contributed by atoms with Crippen molar-refractivity contribution >= 4 is 17.6 Å². The first-order valence-electron chi connectivity index (χ1n) is 14.8. The first-order chi connectivity index (χ1) is 19.8. The second-order valence-electron chi connectivity index (χ2n) is 12.3. The van der Waals surface area contributed by atoms with Crippen LogP contribution in [0, 0.1) is 11.3 Å². The van der Waals surface area contributed by atoms with Gasteiger partial charge in [0.15, 0.2) is 5.78 Å². The summed E-state index contributed by atoms with van der Waals surface area (Å²) in [5.74, 6) is 0.227. The largest absolute Gasteiger partial charge is 0.340 e. The Balaban J connectivity index is 1.29. The standard InChI is InChI=1S/C35H39N3O3/c1-25(2)31(26(3)39)37-22-20-34(33(37)41)19-21-36(24-34)32(40)30-23-38(30)35(27-13-7-4-8-14-27,28-15-9-5-10-16-28)29-17-11-6-12-18-29/h4-18,25,30-31H,19-24H2,1-3H3/t30-,31+,34?,38?/m1/s1. The van der Waals surface area contributed by atoms with Crippen molar-refractivity contribution in [3.63, 3.8) is 0 Å². The summed E-state index contributed by atoms with van der Waals surface area (Å²) in [6.45, 7) is 7.80. The predicted molar refractivity (Wildman–Crippen MR) is 159 cm³/mol. The van der Waals surface area contributed by atoms with Crippen LogP contribution in [0.15, 0.2) is 91.0 Å². The Kier molecular flexibility index (Phi) is 7.06. The van der Waals surface area contributed by atoms with E-state index in [2.05, 4.69) is 77.7 Å². The average Bonchev–Trinajstić information content (AvgIpc) is 3.57. The first-order valence-corrected chi connectivity index (χ1v) is 14.8. The third-order valence-corrected chi connectivity index (χ3v) is 9.50. The van der Waals surface area contributed by atoms with Crippen molar-refractivity contribution in [2.24, 2.45) is 11.3 Å². The highest BCUT2D eigenvalue weighted by atomic mass is 16.2. The first kappa shape index (κ1) is 27.4. The van der Waals surface area contributed by atoms with Gasteiger partial charge in [-0.25, -0.2) is 0 Å². The number of Topliss-reactive ketones (excluding diaryl/α,β-unsaturated/α-hetero) is 1. The molecule has 6 heteroatoms. The molecular weight excluding hydrogens is 510 g/mol. The van der Waals surface area contributed by atoms with Gasteiger partial charge in [0.05, 0.1) is 17.0 Å². The zero-order valence-corrected chi connectivity index (χ0v) is 24.2. The maximum Gasteiger partial charge on any atom is 0.241 e. The number of benzene rings is 3. The Morgan fingerprint density at radius 3 is 1.76 bits per heavy atom. The van der Waals surface area contributed by atoms with Crippen LogP contribution in [0.3, 0.4) is 0 Å². The van der Waals surface area contributed by atoms with Crippen molar-refractivity contribution in [2.75, 3.05) is 26.2 Å². The van der Waals surface area contributed by atoms with Gasteiger partial charge < -0.3 is 9.80 Å². The van der Waals surface area contributed by atoms with Gasteiger partial charge in [-0.1, -0.05) is 105 Å². The molecule has 3 aliphatic rings. The van der Waals surface area contributed by atoms with E-state index >= 15 is 0 Å². The zero-order valence-electron chi connectivity index (χ0n) is 24.2. The summed E-state index contributed by atoms with van der Waals surface area (Å²) < 4.78 is 0.